The molecule has 24 heavy (non-hydrogen) atoms. The lowest BCUT2D eigenvalue weighted by molar-refractivity contribution is 0.0526. The Labute approximate surface area is 144 Å². The molecule has 0 aliphatic heterocycles. The van der Waals surface area contributed by atoms with E-state index in [0.29, 0.717) is 12.2 Å². The molecule has 2 aromatic heterocycles. The van der Waals surface area contributed by atoms with Crippen LogP contribution in [-0.4, -0.2) is 22.5 Å². The fourth-order valence-corrected chi connectivity index (χ4v) is 3.56. The number of aromatic nitrogens is 2. The van der Waals surface area contributed by atoms with E-state index in [1.807, 2.05) is 19.1 Å². The molecule has 3 aromatic rings. The van der Waals surface area contributed by atoms with E-state index < -0.39 is 0 Å². The number of esters is 1. The molecule has 2 heterocycles. The van der Waals surface area contributed by atoms with Crippen molar-refractivity contribution in [3.63, 3.8) is 0 Å². The maximum atomic E-state index is 11.7. The van der Waals surface area contributed by atoms with Crippen LogP contribution in [0.5, 0.6) is 0 Å². The first-order valence-corrected chi connectivity index (χ1v) is 8.59. The number of carbonyl (C=O) groups excluding carboxylic acids is 1. The van der Waals surface area contributed by atoms with Crippen molar-refractivity contribution in [3.05, 3.63) is 46.1 Å². The van der Waals surface area contributed by atoms with Crippen molar-refractivity contribution in [2.45, 2.75) is 27.7 Å². The predicted molar refractivity (Wildman–Crippen MR) is 97.3 cm³/mol. The number of hydrogen-bond donors (Lipinski definition) is 1. The highest BCUT2D eigenvalue weighted by Crippen LogP contribution is 2.34. The molecule has 0 aliphatic rings. The lowest BCUT2D eigenvalue weighted by atomic mass is 10.2. The van der Waals surface area contributed by atoms with Crippen LogP contribution >= 0.6 is 11.3 Å². The van der Waals surface area contributed by atoms with Crippen molar-refractivity contribution in [3.8, 4) is 0 Å². The Morgan fingerprint density at radius 1 is 1.17 bits per heavy atom. The Kier molecular flexibility index (Phi) is 4.49. The minimum absolute atomic E-state index is 0.311. The molecule has 0 fully saturated rings. The average molecular weight is 341 g/mol. The molecule has 0 spiro atoms. The van der Waals surface area contributed by atoms with E-state index in [0.717, 1.165) is 27.5 Å². The predicted octanol–water partition coefficient (Wildman–Crippen LogP) is 4.54. The van der Waals surface area contributed by atoms with Crippen LogP contribution in [0, 0.1) is 20.8 Å². The smallest absolute Gasteiger partial charge is 0.338 e. The second-order valence-corrected chi connectivity index (χ2v) is 6.71. The van der Waals surface area contributed by atoms with Crippen LogP contribution in [0.3, 0.4) is 0 Å². The van der Waals surface area contributed by atoms with Crippen molar-refractivity contribution in [2.24, 2.45) is 0 Å². The topological polar surface area (TPSA) is 64.1 Å². The summed E-state index contributed by atoms with van der Waals surface area (Å²) in [6.45, 7) is 8.23. The van der Waals surface area contributed by atoms with E-state index in [-0.39, 0.29) is 5.97 Å². The number of rotatable bonds is 4. The Morgan fingerprint density at radius 3 is 2.54 bits per heavy atom. The molecular weight excluding hydrogens is 322 g/mol. The molecular formula is C18H19N3O2S. The van der Waals surface area contributed by atoms with E-state index in [9.17, 15) is 4.79 Å². The zero-order valence-corrected chi connectivity index (χ0v) is 15.0. The second kappa shape index (κ2) is 6.57. The summed E-state index contributed by atoms with van der Waals surface area (Å²) in [4.78, 5) is 23.0. The highest BCUT2D eigenvalue weighted by atomic mass is 32.1. The average Bonchev–Trinajstić information content (AvgIpc) is 2.82. The van der Waals surface area contributed by atoms with Crippen molar-refractivity contribution >= 4 is 39.0 Å². The third-order valence-corrected chi connectivity index (χ3v) is 4.90. The van der Waals surface area contributed by atoms with Crippen molar-refractivity contribution in [1.29, 1.82) is 0 Å². The SMILES string of the molecule is CCOC(=O)c1ccc(Nc2nc(C)nc3sc(C)c(C)c23)cc1. The summed E-state index contributed by atoms with van der Waals surface area (Å²) in [5, 5.41) is 4.40. The van der Waals surface area contributed by atoms with Gasteiger partial charge in [-0.05, 0) is 57.5 Å². The van der Waals surface area contributed by atoms with Gasteiger partial charge in [-0.3, -0.25) is 0 Å². The van der Waals surface area contributed by atoms with Gasteiger partial charge in [-0.25, -0.2) is 14.8 Å². The number of hydrogen-bond acceptors (Lipinski definition) is 6. The number of thiophene rings is 1. The summed E-state index contributed by atoms with van der Waals surface area (Å²) in [5.41, 5.74) is 2.60. The van der Waals surface area contributed by atoms with Crippen molar-refractivity contribution < 1.29 is 9.53 Å². The van der Waals surface area contributed by atoms with Crippen LogP contribution in [-0.2, 0) is 4.74 Å². The quantitative estimate of drug-likeness (QED) is 0.706. The minimum atomic E-state index is -0.311. The van der Waals surface area contributed by atoms with Crippen LogP contribution in [0.25, 0.3) is 10.2 Å². The number of nitrogens with one attached hydrogen (secondary N) is 1. The van der Waals surface area contributed by atoms with Gasteiger partial charge in [0.25, 0.3) is 0 Å². The first kappa shape index (κ1) is 16.4. The number of nitrogens with zero attached hydrogens (tertiary/aromatic N) is 2. The zero-order chi connectivity index (χ0) is 17.3. The Morgan fingerprint density at radius 2 is 1.88 bits per heavy atom. The van der Waals surface area contributed by atoms with Gasteiger partial charge in [0, 0.05) is 10.6 Å². The van der Waals surface area contributed by atoms with Gasteiger partial charge in [-0.15, -0.1) is 11.3 Å². The fourth-order valence-electron chi connectivity index (χ4n) is 2.49. The van der Waals surface area contributed by atoms with Gasteiger partial charge in [0.15, 0.2) is 0 Å². The molecule has 1 aromatic carbocycles. The molecule has 0 aliphatic carbocycles. The molecule has 6 heteroatoms. The third-order valence-electron chi connectivity index (χ3n) is 3.80. The Bertz CT molecular complexity index is 901. The largest absolute Gasteiger partial charge is 0.462 e. The molecule has 0 bridgehead atoms. The summed E-state index contributed by atoms with van der Waals surface area (Å²) in [5.74, 6) is 1.21. The maximum absolute atomic E-state index is 11.7. The van der Waals surface area contributed by atoms with Crippen molar-refractivity contribution in [1.82, 2.24) is 9.97 Å². The summed E-state index contributed by atoms with van der Waals surface area (Å²) >= 11 is 1.68. The van der Waals surface area contributed by atoms with E-state index in [1.54, 1.807) is 30.4 Å². The van der Waals surface area contributed by atoms with Crippen LogP contribution in [0.4, 0.5) is 11.5 Å². The zero-order valence-electron chi connectivity index (χ0n) is 14.1. The van der Waals surface area contributed by atoms with E-state index >= 15 is 0 Å². The van der Waals surface area contributed by atoms with Gasteiger partial charge in [0.2, 0.25) is 0 Å². The van der Waals surface area contributed by atoms with Gasteiger partial charge in [0.05, 0.1) is 17.6 Å². The van der Waals surface area contributed by atoms with E-state index in [1.165, 1.54) is 10.4 Å². The number of anilines is 2. The van der Waals surface area contributed by atoms with E-state index in [2.05, 4.69) is 29.1 Å². The Hall–Kier alpha value is -2.47. The summed E-state index contributed by atoms with van der Waals surface area (Å²) in [6.07, 6.45) is 0. The Balaban J connectivity index is 1.94. The molecule has 0 atom stereocenters. The molecule has 0 radical (unpaired) electrons. The molecule has 0 unspecified atom stereocenters. The minimum Gasteiger partial charge on any atom is -0.462 e. The number of benzene rings is 1. The molecule has 3 rings (SSSR count). The first-order chi connectivity index (χ1) is 11.5. The third kappa shape index (κ3) is 3.10. The second-order valence-electron chi connectivity index (χ2n) is 5.51. The molecule has 1 N–H and O–H groups in total. The summed E-state index contributed by atoms with van der Waals surface area (Å²) < 4.78 is 5.00. The monoisotopic (exact) mass is 341 g/mol. The highest BCUT2D eigenvalue weighted by Gasteiger charge is 2.14. The number of carbonyl (C=O) groups is 1. The molecule has 0 amide bonds. The molecule has 0 saturated heterocycles. The van der Waals surface area contributed by atoms with Crippen LogP contribution in [0.1, 0.15) is 33.5 Å². The lowest BCUT2D eigenvalue weighted by Gasteiger charge is -2.09. The maximum Gasteiger partial charge on any atom is 0.338 e. The van der Waals surface area contributed by atoms with Gasteiger partial charge >= 0.3 is 5.97 Å². The summed E-state index contributed by atoms with van der Waals surface area (Å²) in [7, 11) is 0. The van der Waals surface area contributed by atoms with Gasteiger partial charge < -0.3 is 10.1 Å². The molecule has 5 nitrogen and oxygen atoms in total. The first-order valence-electron chi connectivity index (χ1n) is 7.78. The van der Waals surface area contributed by atoms with E-state index in [4.69, 9.17) is 4.74 Å². The number of aryl methyl sites for hydroxylation is 3. The van der Waals surface area contributed by atoms with Gasteiger partial charge in [0.1, 0.15) is 16.5 Å². The van der Waals surface area contributed by atoms with Crippen LogP contribution < -0.4 is 5.32 Å². The number of ether oxygens (including phenoxy) is 1. The number of fused-ring (bicyclic) bond motifs is 1. The standard InChI is InChI=1S/C18H19N3O2S/c1-5-23-18(22)13-6-8-14(9-7-13)21-16-15-10(2)11(3)24-17(15)20-12(4)19-16/h6-9H,5H2,1-4H3,(H,19,20,21). The van der Waals surface area contributed by atoms with Crippen LogP contribution in [0.15, 0.2) is 24.3 Å². The fraction of sp³-hybridized carbons (Fsp3) is 0.278. The molecule has 0 saturated carbocycles. The highest BCUT2D eigenvalue weighted by molar-refractivity contribution is 7.18. The van der Waals surface area contributed by atoms with Crippen LogP contribution in [0.2, 0.25) is 0 Å². The van der Waals surface area contributed by atoms with Crippen molar-refractivity contribution in [2.75, 3.05) is 11.9 Å². The van der Waals surface area contributed by atoms with Gasteiger partial charge in [-0.1, -0.05) is 0 Å². The van der Waals surface area contributed by atoms with Gasteiger partial charge in [-0.2, -0.15) is 0 Å². The molecule has 124 valence electrons. The summed E-state index contributed by atoms with van der Waals surface area (Å²) in [6, 6.07) is 7.20. The lowest BCUT2D eigenvalue weighted by Crippen LogP contribution is -2.04. The normalized spacial score (nSPS) is 10.8.